The van der Waals surface area contributed by atoms with Gasteiger partial charge in [-0.3, -0.25) is 0 Å². The molecule has 40 valence electrons. The fourth-order valence-electron chi connectivity index (χ4n) is 0. The Balaban J connectivity index is 0. The second kappa shape index (κ2) is 49.1. The molecule has 0 aliphatic carbocycles. The molecule has 0 amide bonds. The molecule has 0 saturated carbocycles. The Labute approximate surface area is 92.2 Å². The summed E-state index contributed by atoms with van der Waals surface area (Å²) in [5, 5.41) is 0. The van der Waals surface area contributed by atoms with Crippen molar-refractivity contribution in [2.75, 3.05) is 0 Å². The maximum Gasteiger partial charge on any atom is 0 e. The van der Waals surface area contributed by atoms with Crippen molar-refractivity contribution in [3.8, 4) is 0 Å². The van der Waals surface area contributed by atoms with Crippen LogP contribution in [0.3, 0.4) is 0 Å². The first-order valence-electron chi connectivity index (χ1n) is 0. The standard InChI is InChI=1S/B.Cr.Cu.Fe.Nb.H3Si/h;;;;;1H3. The van der Waals surface area contributed by atoms with E-state index < -0.39 is 0 Å². The third kappa shape index (κ3) is 30.7. The van der Waals surface area contributed by atoms with E-state index in [1.165, 1.54) is 0 Å². The zero-order valence-corrected chi connectivity index (χ0v) is 10.6. The van der Waals surface area contributed by atoms with Crippen molar-refractivity contribution in [2.45, 2.75) is 0 Å². The first kappa shape index (κ1) is 73.7. The summed E-state index contributed by atoms with van der Waals surface area (Å²) in [5.41, 5.74) is 0. The summed E-state index contributed by atoms with van der Waals surface area (Å²) in [4.78, 5) is 0. The third-order valence-electron chi connectivity index (χ3n) is 0. The average molecular weight is 306 g/mol. The number of hydrogen-bond acceptors (Lipinski definition) is 0. The Hall–Kier alpha value is 2.59. The van der Waals surface area contributed by atoms with Crippen LogP contribution in [0.5, 0.6) is 0 Å². The Morgan fingerprint density at radius 2 is 1.00 bits per heavy atom. The summed E-state index contributed by atoms with van der Waals surface area (Å²) in [6.45, 7) is 0. The Kier molecular flexibility index (Phi) is 603. The van der Waals surface area contributed by atoms with Crippen molar-refractivity contribution in [3.05, 3.63) is 0 Å². The monoisotopic (exact) mass is 306 g/mol. The van der Waals surface area contributed by atoms with Crippen LogP contribution in [0.1, 0.15) is 0 Å². The molecule has 0 atom stereocenters. The molecule has 0 bridgehead atoms. The SMILES string of the molecule is [B].[Cr].[Cu].[Fe].[Nb].[SiH3]. The molecule has 6 radical (unpaired) electrons. The van der Waals surface area contributed by atoms with Crippen LogP contribution in [0.2, 0.25) is 0 Å². The summed E-state index contributed by atoms with van der Waals surface area (Å²) in [6, 6.07) is 0. The van der Waals surface area contributed by atoms with E-state index in [-0.39, 0.29) is 93.3 Å². The molecule has 6 heteroatoms. The average Bonchev–Trinajstić information content (AvgIpc) is 0. The van der Waals surface area contributed by atoms with Gasteiger partial charge in [0.1, 0.15) is 0 Å². The molecule has 0 spiro atoms. The first-order valence-corrected chi connectivity index (χ1v) is 0. The number of rotatable bonds is 0. The smallest absolute Gasteiger partial charge is 0 e. The maximum absolute atomic E-state index is 0. The van der Waals surface area contributed by atoms with E-state index in [9.17, 15) is 0 Å². The van der Waals surface area contributed by atoms with Crippen molar-refractivity contribution < 1.29 is 73.9 Å². The summed E-state index contributed by atoms with van der Waals surface area (Å²) in [6.07, 6.45) is 0. The van der Waals surface area contributed by atoms with Crippen LogP contribution in [-0.4, -0.2) is 19.4 Å². The molecule has 0 heterocycles. The van der Waals surface area contributed by atoms with E-state index in [4.69, 9.17) is 0 Å². The Morgan fingerprint density at radius 1 is 1.00 bits per heavy atom. The predicted octanol–water partition coefficient (Wildman–Crippen LogP) is -1.57. The summed E-state index contributed by atoms with van der Waals surface area (Å²) < 4.78 is 0. The summed E-state index contributed by atoms with van der Waals surface area (Å²) in [5.74, 6) is 0. The minimum Gasteiger partial charge on any atom is -0.0125 e. The van der Waals surface area contributed by atoms with Gasteiger partial charge in [0.25, 0.3) is 0 Å². The van der Waals surface area contributed by atoms with Crippen LogP contribution in [0.4, 0.5) is 0 Å². The number of hydrogen-bond donors (Lipinski definition) is 0. The van der Waals surface area contributed by atoms with Crippen LogP contribution in [0.25, 0.3) is 0 Å². The van der Waals surface area contributed by atoms with E-state index >= 15 is 0 Å². The van der Waals surface area contributed by atoms with Gasteiger partial charge < -0.3 is 0 Å². The van der Waals surface area contributed by atoms with E-state index in [1.54, 1.807) is 0 Å². The third-order valence-corrected chi connectivity index (χ3v) is 0. The molecule has 0 aliphatic rings. The van der Waals surface area contributed by atoms with Gasteiger partial charge in [-0.15, -0.1) is 0 Å². The molecule has 0 unspecified atom stereocenters. The molecule has 0 fully saturated rings. The van der Waals surface area contributed by atoms with Crippen LogP contribution in [-0.2, 0) is 73.9 Å². The fraction of sp³-hybridized carbons (Fsp3) is 0. The summed E-state index contributed by atoms with van der Waals surface area (Å²) in [7, 11) is 0. The van der Waals surface area contributed by atoms with Gasteiger partial charge in [-0.05, 0) is 11.0 Å². The predicted molar refractivity (Wildman–Crippen MR) is 15.7 cm³/mol. The normalized spacial score (nSPS) is 0. The van der Waals surface area contributed by atoms with Crippen LogP contribution >= 0.6 is 0 Å². The second-order valence-corrected chi connectivity index (χ2v) is 0. The molecular weight excluding hydrogens is 303 g/mol. The molecular formula is H3BCrCuFeNbSi. The van der Waals surface area contributed by atoms with Gasteiger partial charge in [-0.1, -0.05) is 0 Å². The van der Waals surface area contributed by atoms with Gasteiger partial charge in [0.05, 0.1) is 0 Å². The Morgan fingerprint density at radius 3 is 1.00 bits per heavy atom. The van der Waals surface area contributed by atoms with Gasteiger partial charge in [0, 0.05) is 82.3 Å². The Bertz CT molecular complexity index is 15.5. The first-order chi connectivity index (χ1) is 0. The second-order valence-electron chi connectivity index (χ2n) is 0. The van der Waals surface area contributed by atoms with Gasteiger partial charge in [0.15, 0.2) is 0 Å². The molecule has 0 saturated heterocycles. The molecule has 6 heavy (non-hydrogen) atoms. The minimum atomic E-state index is 0. The molecule has 0 rings (SSSR count). The van der Waals surface area contributed by atoms with Crippen molar-refractivity contribution in [1.29, 1.82) is 0 Å². The van der Waals surface area contributed by atoms with Crippen LogP contribution in [0, 0.1) is 0 Å². The van der Waals surface area contributed by atoms with Crippen LogP contribution < -0.4 is 0 Å². The van der Waals surface area contributed by atoms with E-state index in [0.29, 0.717) is 0 Å². The van der Waals surface area contributed by atoms with Gasteiger partial charge in [-0.25, -0.2) is 0 Å². The van der Waals surface area contributed by atoms with E-state index in [0.717, 1.165) is 0 Å². The van der Waals surface area contributed by atoms with Gasteiger partial charge in [0.2, 0.25) is 0 Å². The van der Waals surface area contributed by atoms with E-state index in [1.807, 2.05) is 0 Å². The molecule has 0 N–H and O–H groups in total. The largest absolute Gasteiger partial charge is 0.0125 e. The van der Waals surface area contributed by atoms with Gasteiger partial charge in [-0.2, -0.15) is 0 Å². The van der Waals surface area contributed by atoms with E-state index in [2.05, 4.69) is 0 Å². The molecule has 0 aromatic rings. The topological polar surface area (TPSA) is 0 Å². The van der Waals surface area contributed by atoms with Crippen molar-refractivity contribution in [1.82, 2.24) is 0 Å². The zero-order valence-electron chi connectivity index (χ0n) is 3.09. The summed E-state index contributed by atoms with van der Waals surface area (Å²) >= 11 is 0. The molecule has 0 aliphatic heterocycles. The zero-order chi connectivity index (χ0) is 0. The quantitative estimate of drug-likeness (QED) is 0.474. The fourth-order valence-corrected chi connectivity index (χ4v) is 0. The van der Waals surface area contributed by atoms with Gasteiger partial charge >= 0.3 is 0 Å². The van der Waals surface area contributed by atoms with Crippen molar-refractivity contribution in [3.63, 3.8) is 0 Å². The molecule has 0 aromatic heterocycles. The van der Waals surface area contributed by atoms with Crippen molar-refractivity contribution in [2.24, 2.45) is 0 Å². The minimum absolute atomic E-state index is 0. The molecule has 0 aromatic carbocycles. The van der Waals surface area contributed by atoms with Crippen molar-refractivity contribution >= 4 is 19.4 Å². The van der Waals surface area contributed by atoms with Crippen LogP contribution in [0.15, 0.2) is 0 Å². The maximum atomic E-state index is 0. The molecule has 0 nitrogen and oxygen atoms in total.